The highest BCUT2D eigenvalue weighted by atomic mass is 19.1. The highest BCUT2D eigenvalue weighted by Gasteiger charge is 2.17. The van der Waals surface area contributed by atoms with Gasteiger partial charge in [-0.15, -0.1) is 0 Å². The van der Waals surface area contributed by atoms with Crippen LogP contribution in [0, 0.1) is 18.6 Å². The largest absolute Gasteiger partial charge is 0.480 e. The quantitative estimate of drug-likeness (QED) is 0.759. The third kappa shape index (κ3) is 1.88. The fourth-order valence-electron chi connectivity index (χ4n) is 0.987. The first-order chi connectivity index (χ1) is 6.43. The van der Waals surface area contributed by atoms with Gasteiger partial charge in [0.1, 0.15) is 17.7 Å². The second kappa shape index (κ2) is 3.71. The van der Waals surface area contributed by atoms with Crippen LogP contribution in [0.4, 0.5) is 8.78 Å². The average Bonchev–Trinajstić information content (AvgIpc) is 2.12. The Morgan fingerprint density at radius 2 is 1.86 bits per heavy atom. The van der Waals surface area contributed by atoms with Crippen molar-refractivity contribution in [2.75, 3.05) is 0 Å². The molecule has 3 nitrogen and oxygen atoms in total. The Labute approximate surface area is 79.2 Å². The number of carboxylic acids is 1. The van der Waals surface area contributed by atoms with E-state index in [0.717, 1.165) is 12.1 Å². The number of carboxylic acid groups (broad SMARTS) is 1. The fourth-order valence-corrected chi connectivity index (χ4v) is 0.987. The van der Waals surface area contributed by atoms with Gasteiger partial charge in [-0.3, -0.25) is 4.79 Å². The molecule has 0 saturated heterocycles. The van der Waals surface area contributed by atoms with Gasteiger partial charge in [0.15, 0.2) is 0 Å². The molecule has 0 spiro atoms. The van der Waals surface area contributed by atoms with Gasteiger partial charge in [0.25, 0.3) is 0 Å². The highest BCUT2D eigenvalue weighted by molar-refractivity contribution is 5.75. The number of aliphatic carboxylic acids is 1. The number of hydrogen-bond acceptors (Lipinski definition) is 2. The Balaban J connectivity index is 3.19. The first kappa shape index (κ1) is 10.6. The number of benzene rings is 1. The lowest BCUT2D eigenvalue weighted by Crippen LogP contribution is -2.21. The number of nitrogens with two attached hydrogens (primary N) is 1. The molecule has 0 saturated carbocycles. The van der Waals surface area contributed by atoms with Crippen molar-refractivity contribution >= 4 is 5.97 Å². The minimum atomic E-state index is -1.40. The topological polar surface area (TPSA) is 63.3 Å². The zero-order valence-electron chi connectivity index (χ0n) is 7.42. The van der Waals surface area contributed by atoms with E-state index < -0.39 is 23.6 Å². The molecule has 1 rings (SSSR count). The molecule has 0 aliphatic carbocycles. The fraction of sp³-hybridized carbons (Fsp3) is 0.222. The molecule has 3 N–H and O–H groups in total. The molecule has 0 aliphatic heterocycles. The summed E-state index contributed by atoms with van der Waals surface area (Å²) in [6.07, 6.45) is 0. The van der Waals surface area contributed by atoms with Crippen LogP contribution in [0.15, 0.2) is 12.1 Å². The number of rotatable bonds is 2. The van der Waals surface area contributed by atoms with Gasteiger partial charge in [-0.05, 0) is 24.6 Å². The average molecular weight is 201 g/mol. The van der Waals surface area contributed by atoms with Crippen molar-refractivity contribution in [3.63, 3.8) is 0 Å². The molecule has 1 unspecified atom stereocenters. The SMILES string of the molecule is Cc1c(F)cc(C(N)C(=O)O)cc1F. The molecule has 0 fully saturated rings. The summed E-state index contributed by atoms with van der Waals surface area (Å²) in [5, 5.41) is 8.52. The molecular weight excluding hydrogens is 192 g/mol. The van der Waals surface area contributed by atoms with E-state index in [1.807, 2.05) is 0 Å². The second-order valence-electron chi connectivity index (χ2n) is 2.93. The van der Waals surface area contributed by atoms with E-state index in [1.165, 1.54) is 6.92 Å². The molecule has 0 aliphatic rings. The van der Waals surface area contributed by atoms with Gasteiger partial charge >= 0.3 is 5.97 Å². The zero-order chi connectivity index (χ0) is 10.9. The minimum Gasteiger partial charge on any atom is -0.480 e. The van der Waals surface area contributed by atoms with Gasteiger partial charge in [-0.2, -0.15) is 0 Å². The molecule has 76 valence electrons. The minimum absolute atomic E-state index is 0.0851. The smallest absolute Gasteiger partial charge is 0.325 e. The summed E-state index contributed by atoms with van der Waals surface area (Å²) in [5.41, 5.74) is 4.96. The van der Waals surface area contributed by atoms with Gasteiger partial charge < -0.3 is 10.8 Å². The van der Waals surface area contributed by atoms with E-state index in [2.05, 4.69) is 0 Å². The Bertz CT molecular complexity index is 356. The van der Waals surface area contributed by atoms with Gasteiger partial charge in [0.2, 0.25) is 0 Å². The highest BCUT2D eigenvalue weighted by Crippen LogP contribution is 2.18. The van der Waals surface area contributed by atoms with Crippen LogP contribution in [0.3, 0.4) is 0 Å². The Hall–Kier alpha value is -1.49. The standard InChI is InChI=1S/C9H9F2NO2/c1-4-6(10)2-5(3-7(4)11)8(12)9(13)14/h2-3,8H,12H2,1H3,(H,13,14). The van der Waals surface area contributed by atoms with E-state index >= 15 is 0 Å². The van der Waals surface area contributed by atoms with Crippen molar-refractivity contribution in [1.29, 1.82) is 0 Å². The monoisotopic (exact) mass is 201 g/mol. The number of hydrogen-bond donors (Lipinski definition) is 2. The molecule has 5 heteroatoms. The van der Waals surface area contributed by atoms with Crippen molar-refractivity contribution in [3.8, 4) is 0 Å². The lowest BCUT2D eigenvalue weighted by Gasteiger charge is -2.08. The van der Waals surface area contributed by atoms with Gasteiger partial charge in [0, 0.05) is 5.56 Å². The van der Waals surface area contributed by atoms with Gasteiger partial charge in [-0.25, -0.2) is 8.78 Å². The summed E-state index contributed by atoms with van der Waals surface area (Å²) in [6.45, 7) is 1.26. The molecule has 0 heterocycles. The maximum atomic E-state index is 13.0. The molecule has 0 amide bonds. The first-order valence-corrected chi connectivity index (χ1v) is 3.87. The summed E-state index contributed by atoms with van der Waals surface area (Å²) in [5.74, 6) is -2.92. The van der Waals surface area contributed by atoms with Crippen molar-refractivity contribution in [1.82, 2.24) is 0 Å². The molecule has 1 aromatic rings. The maximum Gasteiger partial charge on any atom is 0.325 e. The molecule has 0 radical (unpaired) electrons. The van der Waals surface area contributed by atoms with Crippen LogP contribution in [-0.4, -0.2) is 11.1 Å². The van der Waals surface area contributed by atoms with E-state index in [1.54, 1.807) is 0 Å². The zero-order valence-corrected chi connectivity index (χ0v) is 7.42. The Morgan fingerprint density at radius 3 is 2.21 bits per heavy atom. The summed E-state index contributed by atoms with van der Waals surface area (Å²) < 4.78 is 26.0. The van der Waals surface area contributed by atoms with Crippen molar-refractivity contribution < 1.29 is 18.7 Å². The third-order valence-electron chi connectivity index (χ3n) is 1.93. The number of carbonyl (C=O) groups is 1. The third-order valence-corrected chi connectivity index (χ3v) is 1.93. The Kier molecular flexibility index (Phi) is 2.81. The molecule has 1 atom stereocenters. The van der Waals surface area contributed by atoms with Crippen LogP contribution in [0.5, 0.6) is 0 Å². The predicted molar refractivity (Wildman–Crippen MR) is 45.7 cm³/mol. The summed E-state index contributed by atoms with van der Waals surface area (Å²) in [4.78, 5) is 10.4. The van der Waals surface area contributed by atoms with Crippen LogP contribution in [0.2, 0.25) is 0 Å². The molecule has 0 bridgehead atoms. The molecule has 1 aromatic carbocycles. The molecule has 14 heavy (non-hydrogen) atoms. The lowest BCUT2D eigenvalue weighted by molar-refractivity contribution is -0.138. The lowest BCUT2D eigenvalue weighted by atomic mass is 10.1. The van der Waals surface area contributed by atoms with E-state index in [9.17, 15) is 13.6 Å². The maximum absolute atomic E-state index is 13.0. The van der Waals surface area contributed by atoms with Crippen LogP contribution in [0.25, 0.3) is 0 Å². The van der Waals surface area contributed by atoms with Crippen LogP contribution in [-0.2, 0) is 4.79 Å². The van der Waals surface area contributed by atoms with Crippen LogP contribution >= 0.6 is 0 Å². The number of halogens is 2. The second-order valence-corrected chi connectivity index (χ2v) is 2.93. The van der Waals surface area contributed by atoms with Crippen molar-refractivity contribution in [2.24, 2.45) is 5.73 Å². The van der Waals surface area contributed by atoms with Gasteiger partial charge in [-0.1, -0.05) is 0 Å². The Morgan fingerprint density at radius 1 is 1.43 bits per heavy atom. The van der Waals surface area contributed by atoms with E-state index in [-0.39, 0.29) is 11.1 Å². The molecule has 0 aromatic heterocycles. The van der Waals surface area contributed by atoms with Crippen LogP contribution < -0.4 is 5.73 Å². The summed E-state index contributed by atoms with van der Waals surface area (Å²) in [6, 6.07) is 0.452. The summed E-state index contributed by atoms with van der Waals surface area (Å²) >= 11 is 0. The van der Waals surface area contributed by atoms with Crippen molar-refractivity contribution in [2.45, 2.75) is 13.0 Å². The van der Waals surface area contributed by atoms with Crippen molar-refractivity contribution in [3.05, 3.63) is 34.9 Å². The van der Waals surface area contributed by atoms with E-state index in [0.29, 0.717) is 0 Å². The van der Waals surface area contributed by atoms with Crippen LogP contribution in [0.1, 0.15) is 17.2 Å². The predicted octanol–water partition coefficient (Wildman–Crippen LogP) is 1.36. The normalized spacial score (nSPS) is 12.6. The van der Waals surface area contributed by atoms with Gasteiger partial charge in [0.05, 0.1) is 0 Å². The molecular formula is C9H9F2NO2. The summed E-state index contributed by atoms with van der Waals surface area (Å²) in [7, 11) is 0. The first-order valence-electron chi connectivity index (χ1n) is 3.87. The van der Waals surface area contributed by atoms with E-state index in [4.69, 9.17) is 10.8 Å².